The minimum Gasteiger partial charge on any atom is -0.479 e. The molecule has 1 N–H and O–H groups in total. The number of benzene rings is 2. The van der Waals surface area contributed by atoms with Crippen LogP contribution >= 0.6 is 0 Å². The van der Waals surface area contributed by atoms with Crippen LogP contribution < -0.4 is 4.90 Å². The van der Waals surface area contributed by atoms with Gasteiger partial charge >= 0.3 is 5.97 Å². The standard InChI is InChI=1S/C26H30F2N2O3/c1-14-13-18-20(16-7-9-17(10-8-16)24(27)28)19(23(25(31)32)33-26(3,4)5)15(2)21-22(18)30(14)12-11-29(21)6/h7-10,13,23-24H,11-12H2,1-6H3,(H,31,32)/t23-/m0/s1. The third kappa shape index (κ3) is 3.99. The van der Waals surface area contributed by atoms with Crippen molar-refractivity contribution >= 4 is 22.6 Å². The second-order valence-corrected chi connectivity index (χ2v) is 9.75. The molecule has 5 nitrogen and oxygen atoms in total. The van der Waals surface area contributed by atoms with Crippen molar-refractivity contribution in [2.45, 2.75) is 59.3 Å². The van der Waals surface area contributed by atoms with Crippen LogP contribution in [0.2, 0.25) is 0 Å². The summed E-state index contributed by atoms with van der Waals surface area (Å²) >= 11 is 0. The number of nitrogens with zero attached hydrogens (tertiary/aromatic N) is 2. The first-order valence-electron chi connectivity index (χ1n) is 11.1. The maximum Gasteiger partial charge on any atom is 0.337 e. The molecule has 2 aromatic carbocycles. The van der Waals surface area contributed by atoms with Gasteiger partial charge in [-0.25, -0.2) is 13.6 Å². The monoisotopic (exact) mass is 456 g/mol. The highest BCUT2D eigenvalue weighted by Gasteiger charge is 2.35. The molecule has 1 atom stereocenters. The van der Waals surface area contributed by atoms with Crippen LogP contribution in [0.5, 0.6) is 0 Å². The minimum absolute atomic E-state index is 0.0692. The van der Waals surface area contributed by atoms with Gasteiger partial charge in [0.05, 0.1) is 16.8 Å². The number of hydrogen-bond acceptors (Lipinski definition) is 3. The fourth-order valence-electron chi connectivity index (χ4n) is 4.90. The Bertz CT molecular complexity index is 1220. The largest absolute Gasteiger partial charge is 0.479 e. The van der Waals surface area contributed by atoms with Crippen LogP contribution in [0.4, 0.5) is 14.5 Å². The van der Waals surface area contributed by atoms with Gasteiger partial charge in [0, 0.05) is 42.3 Å². The highest BCUT2D eigenvalue weighted by Crippen LogP contribution is 2.47. The number of likely N-dealkylation sites (N-methyl/N-ethyl adjacent to an activating group) is 1. The van der Waals surface area contributed by atoms with Crippen LogP contribution in [0.25, 0.3) is 22.0 Å². The van der Waals surface area contributed by atoms with E-state index >= 15 is 0 Å². The zero-order valence-electron chi connectivity index (χ0n) is 19.9. The van der Waals surface area contributed by atoms with Crippen molar-refractivity contribution in [3.8, 4) is 11.1 Å². The summed E-state index contributed by atoms with van der Waals surface area (Å²) in [4.78, 5) is 14.7. The van der Waals surface area contributed by atoms with Gasteiger partial charge in [-0.3, -0.25) is 0 Å². The van der Waals surface area contributed by atoms with Gasteiger partial charge in [0.15, 0.2) is 6.10 Å². The average molecular weight is 457 g/mol. The van der Waals surface area contributed by atoms with Crippen LogP contribution in [0.15, 0.2) is 30.3 Å². The van der Waals surface area contributed by atoms with E-state index in [-0.39, 0.29) is 5.56 Å². The molecule has 3 aromatic rings. The van der Waals surface area contributed by atoms with E-state index in [4.69, 9.17) is 4.74 Å². The number of carboxylic acid groups (broad SMARTS) is 1. The Morgan fingerprint density at radius 2 is 1.76 bits per heavy atom. The second-order valence-electron chi connectivity index (χ2n) is 9.75. The van der Waals surface area contributed by atoms with E-state index in [0.717, 1.165) is 46.5 Å². The fraction of sp³-hybridized carbons (Fsp3) is 0.423. The molecule has 0 radical (unpaired) electrons. The molecular weight excluding hydrogens is 426 g/mol. The molecule has 0 amide bonds. The molecule has 4 rings (SSSR count). The summed E-state index contributed by atoms with van der Waals surface area (Å²) in [5.74, 6) is -1.08. The molecule has 0 bridgehead atoms. The molecule has 2 heterocycles. The molecule has 176 valence electrons. The number of hydrogen-bond donors (Lipinski definition) is 1. The number of aromatic nitrogens is 1. The van der Waals surface area contributed by atoms with Crippen molar-refractivity contribution < 1.29 is 23.4 Å². The predicted octanol–water partition coefficient (Wildman–Crippen LogP) is 6.25. The van der Waals surface area contributed by atoms with Gasteiger partial charge in [-0.15, -0.1) is 0 Å². The summed E-state index contributed by atoms with van der Waals surface area (Å²) in [6, 6.07) is 8.17. The molecule has 0 saturated heterocycles. The number of anilines is 1. The topological polar surface area (TPSA) is 54.7 Å². The van der Waals surface area contributed by atoms with Crippen LogP contribution in [0.3, 0.4) is 0 Å². The lowest BCUT2D eigenvalue weighted by molar-refractivity contribution is -0.160. The fourth-order valence-corrected chi connectivity index (χ4v) is 4.90. The first-order valence-corrected chi connectivity index (χ1v) is 11.1. The lowest BCUT2D eigenvalue weighted by Crippen LogP contribution is -2.31. The van der Waals surface area contributed by atoms with E-state index in [9.17, 15) is 18.7 Å². The Balaban J connectivity index is 2.12. The average Bonchev–Trinajstić information content (AvgIpc) is 3.05. The SMILES string of the molecule is Cc1c([C@H](OC(C)(C)C)C(=O)O)c(-c2ccc(C(F)F)cc2)c2cc(C)n3c2c1N(C)CC3. The van der Waals surface area contributed by atoms with E-state index < -0.39 is 24.1 Å². The Morgan fingerprint density at radius 1 is 1.12 bits per heavy atom. The number of aryl methyl sites for hydroxylation is 1. The summed E-state index contributed by atoms with van der Waals surface area (Å²) in [6.45, 7) is 11.1. The summed E-state index contributed by atoms with van der Waals surface area (Å²) < 4.78 is 34.8. The predicted molar refractivity (Wildman–Crippen MR) is 126 cm³/mol. The third-order valence-corrected chi connectivity index (χ3v) is 6.28. The molecule has 7 heteroatoms. The van der Waals surface area contributed by atoms with E-state index in [1.54, 1.807) is 12.1 Å². The third-order valence-electron chi connectivity index (χ3n) is 6.28. The van der Waals surface area contributed by atoms with Crippen LogP contribution in [0.1, 0.15) is 55.7 Å². The van der Waals surface area contributed by atoms with Gasteiger partial charge in [0.1, 0.15) is 0 Å². The molecule has 0 aliphatic carbocycles. The van der Waals surface area contributed by atoms with E-state index in [0.29, 0.717) is 11.1 Å². The minimum atomic E-state index is -2.57. The zero-order chi connectivity index (χ0) is 24.2. The molecule has 0 saturated carbocycles. The van der Waals surface area contributed by atoms with Crippen LogP contribution in [-0.4, -0.2) is 34.8 Å². The number of carbonyl (C=O) groups is 1. The second kappa shape index (κ2) is 8.13. The first kappa shape index (κ1) is 23.2. The van der Waals surface area contributed by atoms with E-state index in [1.807, 2.05) is 41.7 Å². The van der Waals surface area contributed by atoms with Gasteiger partial charge < -0.3 is 19.3 Å². The van der Waals surface area contributed by atoms with Crippen molar-refractivity contribution in [3.05, 3.63) is 52.7 Å². The quantitative estimate of drug-likeness (QED) is 0.493. The van der Waals surface area contributed by atoms with Crippen molar-refractivity contribution in [2.24, 2.45) is 0 Å². The number of ether oxygens (including phenoxy) is 1. The number of rotatable bonds is 5. The molecule has 33 heavy (non-hydrogen) atoms. The first-order chi connectivity index (χ1) is 15.4. The molecule has 0 fully saturated rings. The molecule has 0 spiro atoms. The summed E-state index contributed by atoms with van der Waals surface area (Å²) in [6.07, 6.45) is -3.78. The molecular formula is C26H30F2N2O3. The summed E-state index contributed by atoms with van der Waals surface area (Å²) in [5, 5.41) is 11.1. The smallest absolute Gasteiger partial charge is 0.337 e. The number of carboxylic acids is 1. The maximum atomic E-state index is 13.2. The van der Waals surface area contributed by atoms with E-state index in [1.165, 1.54) is 12.1 Å². The van der Waals surface area contributed by atoms with Gasteiger partial charge in [-0.1, -0.05) is 24.3 Å². The van der Waals surface area contributed by atoms with Gasteiger partial charge in [-0.2, -0.15) is 0 Å². The van der Waals surface area contributed by atoms with Gasteiger partial charge in [-0.05, 0) is 57.4 Å². The Kier molecular flexibility index (Phi) is 5.73. The summed E-state index contributed by atoms with van der Waals surface area (Å²) in [7, 11) is 2.01. The maximum absolute atomic E-state index is 13.2. The Hall–Kier alpha value is -2.93. The number of halogens is 2. The highest BCUT2D eigenvalue weighted by atomic mass is 19.3. The van der Waals surface area contributed by atoms with Crippen molar-refractivity contribution in [1.29, 1.82) is 0 Å². The van der Waals surface area contributed by atoms with E-state index in [2.05, 4.69) is 15.5 Å². The molecule has 1 aliphatic rings. The van der Waals surface area contributed by atoms with Crippen LogP contribution in [0, 0.1) is 13.8 Å². The normalized spacial score (nSPS) is 14.9. The van der Waals surface area contributed by atoms with Gasteiger partial charge in [0.25, 0.3) is 6.43 Å². The van der Waals surface area contributed by atoms with Crippen molar-refractivity contribution in [3.63, 3.8) is 0 Å². The van der Waals surface area contributed by atoms with Crippen molar-refractivity contribution in [1.82, 2.24) is 4.57 Å². The van der Waals surface area contributed by atoms with Crippen LogP contribution in [-0.2, 0) is 16.1 Å². The number of aliphatic carboxylic acids is 1. The highest BCUT2D eigenvalue weighted by molar-refractivity contribution is 6.07. The zero-order valence-corrected chi connectivity index (χ0v) is 19.9. The summed E-state index contributed by atoms with van der Waals surface area (Å²) in [5.41, 5.74) is 5.13. The molecule has 0 unspecified atom stereocenters. The lowest BCUT2D eigenvalue weighted by Gasteiger charge is -2.34. The Morgan fingerprint density at radius 3 is 2.30 bits per heavy atom. The molecule has 1 aliphatic heterocycles. The Labute approximate surface area is 192 Å². The molecule has 1 aromatic heterocycles. The van der Waals surface area contributed by atoms with Gasteiger partial charge in [0.2, 0.25) is 0 Å². The lowest BCUT2D eigenvalue weighted by atomic mass is 9.87. The number of alkyl halides is 2. The van der Waals surface area contributed by atoms with Crippen molar-refractivity contribution in [2.75, 3.05) is 18.5 Å².